The van der Waals surface area contributed by atoms with Crippen LogP contribution in [0.1, 0.15) is 36.3 Å². The fourth-order valence-corrected chi connectivity index (χ4v) is 5.26. The minimum Gasteiger partial charge on any atom is -0.481 e. The first-order valence-corrected chi connectivity index (χ1v) is 12.1. The summed E-state index contributed by atoms with van der Waals surface area (Å²) in [5.74, 6) is -1.77. The summed E-state index contributed by atoms with van der Waals surface area (Å²) in [6, 6.07) is 14.9. The lowest BCUT2D eigenvalue weighted by molar-refractivity contribution is -0.145. The number of carbonyl (C=O) groups is 3. The van der Waals surface area contributed by atoms with Gasteiger partial charge >= 0.3 is 12.1 Å². The number of amides is 2. The summed E-state index contributed by atoms with van der Waals surface area (Å²) in [4.78, 5) is 39.1. The predicted octanol–water partition coefficient (Wildman–Crippen LogP) is 3.25. The number of ether oxygens (including phenoxy) is 2. The van der Waals surface area contributed by atoms with Crippen LogP contribution in [0.5, 0.6) is 0 Å². The molecule has 0 radical (unpaired) electrons. The van der Waals surface area contributed by atoms with Crippen molar-refractivity contribution in [2.75, 3.05) is 26.9 Å². The van der Waals surface area contributed by atoms with E-state index in [2.05, 4.69) is 29.6 Å². The Kier molecular flexibility index (Phi) is 6.47. The van der Waals surface area contributed by atoms with Crippen molar-refractivity contribution < 1.29 is 29.0 Å². The Morgan fingerprint density at radius 3 is 2.29 bits per heavy atom. The molecule has 8 heteroatoms. The highest BCUT2D eigenvalue weighted by molar-refractivity contribution is 5.86. The van der Waals surface area contributed by atoms with E-state index >= 15 is 0 Å². The molecular formula is C27H30N2O6. The van der Waals surface area contributed by atoms with Crippen molar-refractivity contribution in [1.29, 1.82) is 0 Å². The van der Waals surface area contributed by atoms with Crippen LogP contribution in [0.25, 0.3) is 11.1 Å². The quantitative estimate of drug-likeness (QED) is 0.604. The Morgan fingerprint density at radius 2 is 1.69 bits per heavy atom. The Hall–Kier alpha value is -3.39. The van der Waals surface area contributed by atoms with Crippen molar-refractivity contribution in [2.45, 2.75) is 37.3 Å². The van der Waals surface area contributed by atoms with Crippen LogP contribution in [0.4, 0.5) is 4.79 Å². The van der Waals surface area contributed by atoms with E-state index in [1.165, 1.54) is 4.90 Å². The first-order chi connectivity index (χ1) is 16.9. The van der Waals surface area contributed by atoms with Gasteiger partial charge in [0.1, 0.15) is 18.6 Å². The molecule has 2 N–H and O–H groups in total. The van der Waals surface area contributed by atoms with Gasteiger partial charge in [-0.25, -0.2) is 4.79 Å². The number of likely N-dealkylation sites (N-methyl/N-ethyl adjacent to an activating group) is 1. The molecule has 2 aromatic carbocycles. The van der Waals surface area contributed by atoms with Crippen molar-refractivity contribution in [2.24, 2.45) is 11.8 Å². The lowest BCUT2D eigenvalue weighted by Gasteiger charge is -2.30. The van der Waals surface area contributed by atoms with Crippen LogP contribution in [0.15, 0.2) is 48.5 Å². The normalized spacial score (nSPS) is 21.6. The van der Waals surface area contributed by atoms with Crippen molar-refractivity contribution in [3.05, 3.63) is 59.7 Å². The molecule has 0 aromatic heterocycles. The van der Waals surface area contributed by atoms with Gasteiger partial charge in [0.2, 0.25) is 5.91 Å². The van der Waals surface area contributed by atoms with Gasteiger partial charge in [-0.15, -0.1) is 0 Å². The first-order valence-electron chi connectivity index (χ1n) is 12.1. The number of rotatable bonds is 8. The molecule has 3 atom stereocenters. The van der Waals surface area contributed by atoms with E-state index < -0.39 is 30.1 Å². The number of benzene rings is 2. The number of hydrogen-bond acceptors (Lipinski definition) is 5. The van der Waals surface area contributed by atoms with Crippen molar-refractivity contribution in [3.8, 4) is 11.1 Å². The molecule has 1 saturated heterocycles. The zero-order valence-corrected chi connectivity index (χ0v) is 19.7. The number of carbonyl (C=O) groups excluding carboxylic acids is 2. The molecule has 35 heavy (non-hydrogen) atoms. The van der Waals surface area contributed by atoms with Gasteiger partial charge in [0.15, 0.2) is 0 Å². The van der Waals surface area contributed by atoms with Crippen molar-refractivity contribution in [1.82, 2.24) is 10.2 Å². The lowest BCUT2D eigenvalue weighted by Crippen LogP contribution is -2.53. The van der Waals surface area contributed by atoms with Crippen LogP contribution in [0.3, 0.4) is 0 Å². The minimum absolute atomic E-state index is 0.0691. The average Bonchev–Trinajstić information content (AvgIpc) is 3.43. The van der Waals surface area contributed by atoms with Gasteiger partial charge in [-0.2, -0.15) is 0 Å². The summed E-state index contributed by atoms with van der Waals surface area (Å²) in [6.07, 6.45) is 1.91. The van der Waals surface area contributed by atoms with E-state index in [0.717, 1.165) is 35.1 Å². The molecule has 2 fully saturated rings. The molecule has 3 aliphatic rings. The molecule has 1 heterocycles. The topological polar surface area (TPSA) is 105 Å². The van der Waals surface area contributed by atoms with E-state index in [9.17, 15) is 19.5 Å². The van der Waals surface area contributed by atoms with E-state index in [4.69, 9.17) is 9.47 Å². The second-order valence-corrected chi connectivity index (χ2v) is 9.70. The first kappa shape index (κ1) is 23.4. The standard InChI is InChI=1S/C27H30N2O6/c1-29(24-15-34-13-22(24)26(31)32)25(30)23(12-16-10-11-16)28-27(33)35-14-21-19-8-4-2-6-17(19)18-7-3-5-9-20(18)21/h2-9,16,21-24H,10-15H2,1H3,(H,28,33)(H,31,32). The highest BCUT2D eigenvalue weighted by Gasteiger charge is 2.41. The molecule has 2 aromatic rings. The third-order valence-electron chi connectivity index (χ3n) is 7.41. The van der Waals surface area contributed by atoms with E-state index in [0.29, 0.717) is 12.3 Å². The number of carboxylic acids is 1. The Labute approximate surface area is 204 Å². The van der Waals surface area contributed by atoms with Gasteiger partial charge in [-0.1, -0.05) is 61.4 Å². The van der Waals surface area contributed by atoms with Crippen molar-refractivity contribution in [3.63, 3.8) is 0 Å². The van der Waals surface area contributed by atoms with Gasteiger partial charge in [0.25, 0.3) is 0 Å². The number of aliphatic carboxylic acids is 1. The SMILES string of the molecule is CN(C(=O)C(CC1CC1)NC(=O)OCC1c2ccccc2-c2ccccc21)C1COCC1C(=O)O. The van der Waals surface area contributed by atoms with Crippen LogP contribution in [0, 0.1) is 11.8 Å². The Bertz CT molecular complexity index is 1080. The number of alkyl carbamates (subject to hydrolysis) is 1. The van der Waals surface area contributed by atoms with Crippen LogP contribution in [-0.4, -0.2) is 66.9 Å². The molecule has 2 aliphatic carbocycles. The largest absolute Gasteiger partial charge is 0.481 e. The maximum Gasteiger partial charge on any atom is 0.407 e. The molecule has 5 rings (SSSR count). The molecule has 1 aliphatic heterocycles. The maximum absolute atomic E-state index is 13.3. The third kappa shape index (κ3) is 4.75. The lowest BCUT2D eigenvalue weighted by atomic mass is 9.98. The van der Waals surface area contributed by atoms with Crippen molar-refractivity contribution >= 4 is 18.0 Å². The molecule has 184 valence electrons. The van der Waals surface area contributed by atoms with Gasteiger partial charge < -0.3 is 24.8 Å². The zero-order valence-electron chi connectivity index (χ0n) is 19.7. The van der Waals surface area contributed by atoms with E-state index in [1.54, 1.807) is 7.05 Å². The highest BCUT2D eigenvalue weighted by Crippen LogP contribution is 2.44. The van der Waals surface area contributed by atoms with E-state index in [-0.39, 0.29) is 31.6 Å². The van der Waals surface area contributed by atoms with Gasteiger partial charge in [-0.3, -0.25) is 9.59 Å². The second kappa shape index (κ2) is 9.70. The minimum atomic E-state index is -0.990. The van der Waals surface area contributed by atoms with E-state index in [1.807, 2.05) is 24.3 Å². The zero-order chi connectivity index (χ0) is 24.5. The molecule has 1 saturated carbocycles. The summed E-state index contributed by atoms with van der Waals surface area (Å²) in [5.41, 5.74) is 4.53. The smallest absolute Gasteiger partial charge is 0.407 e. The Morgan fingerprint density at radius 1 is 1.06 bits per heavy atom. The molecule has 0 spiro atoms. The number of carboxylic acid groups (broad SMARTS) is 1. The summed E-state index contributed by atoms with van der Waals surface area (Å²) in [5, 5.41) is 12.2. The Balaban J connectivity index is 1.25. The number of nitrogens with one attached hydrogen (secondary N) is 1. The summed E-state index contributed by atoms with van der Waals surface area (Å²) >= 11 is 0. The van der Waals surface area contributed by atoms with Crippen LogP contribution in [0.2, 0.25) is 0 Å². The maximum atomic E-state index is 13.3. The van der Waals surface area contributed by atoms with Crippen LogP contribution < -0.4 is 5.32 Å². The molecular weight excluding hydrogens is 448 g/mol. The average molecular weight is 479 g/mol. The fourth-order valence-electron chi connectivity index (χ4n) is 5.26. The van der Waals surface area contributed by atoms with Gasteiger partial charge in [0, 0.05) is 13.0 Å². The summed E-state index contributed by atoms with van der Waals surface area (Å²) in [6.45, 7) is 0.405. The summed E-state index contributed by atoms with van der Waals surface area (Å²) < 4.78 is 11.0. The van der Waals surface area contributed by atoms with Gasteiger partial charge in [0.05, 0.1) is 19.3 Å². The fraction of sp³-hybridized carbons (Fsp3) is 0.444. The monoisotopic (exact) mass is 478 g/mol. The highest BCUT2D eigenvalue weighted by atomic mass is 16.5. The molecule has 0 bridgehead atoms. The molecule has 3 unspecified atom stereocenters. The number of nitrogens with zero attached hydrogens (tertiary/aromatic N) is 1. The van der Waals surface area contributed by atoms with Gasteiger partial charge in [-0.05, 0) is 34.6 Å². The van der Waals surface area contributed by atoms with Crippen LogP contribution >= 0.6 is 0 Å². The third-order valence-corrected chi connectivity index (χ3v) is 7.41. The molecule has 8 nitrogen and oxygen atoms in total. The second-order valence-electron chi connectivity index (χ2n) is 9.70. The molecule has 2 amide bonds. The van der Waals surface area contributed by atoms with Crippen LogP contribution in [-0.2, 0) is 19.1 Å². The number of fused-ring (bicyclic) bond motifs is 3. The summed E-state index contributed by atoms with van der Waals surface area (Å²) in [7, 11) is 1.58. The predicted molar refractivity (Wildman–Crippen MR) is 128 cm³/mol. The number of hydrogen-bond donors (Lipinski definition) is 2.